The number of rotatable bonds is 3. The second kappa shape index (κ2) is 5.21. The number of hydrogen-bond acceptors (Lipinski definition) is 3. The van der Waals surface area contributed by atoms with E-state index in [2.05, 4.69) is 4.98 Å². The van der Waals surface area contributed by atoms with Gasteiger partial charge in [0.1, 0.15) is 0 Å². The van der Waals surface area contributed by atoms with E-state index >= 15 is 0 Å². The van der Waals surface area contributed by atoms with Crippen molar-refractivity contribution in [2.75, 3.05) is 7.11 Å². The SMILES string of the molecule is COC(=O)c1c(C)[nH]c(C)c1-c1ccc(C(N)=O)cc1. The molecule has 0 unspecified atom stereocenters. The number of amides is 1. The summed E-state index contributed by atoms with van der Waals surface area (Å²) in [6.45, 7) is 3.71. The molecule has 0 aliphatic heterocycles. The van der Waals surface area contributed by atoms with Crippen molar-refractivity contribution in [3.63, 3.8) is 0 Å². The Morgan fingerprint density at radius 2 is 1.70 bits per heavy atom. The number of nitrogens with two attached hydrogens (primary N) is 1. The Balaban J connectivity index is 2.57. The van der Waals surface area contributed by atoms with Crippen LogP contribution in [-0.2, 0) is 4.74 Å². The highest BCUT2D eigenvalue weighted by Gasteiger charge is 2.21. The van der Waals surface area contributed by atoms with Crippen LogP contribution in [-0.4, -0.2) is 24.0 Å². The van der Waals surface area contributed by atoms with Gasteiger partial charge in [-0.3, -0.25) is 4.79 Å². The third-order valence-corrected chi connectivity index (χ3v) is 3.22. The van der Waals surface area contributed by atoms with Crippen LogP contribution in [0.4, 0.5) is 0 Å². The summed E-state index contributed by atoms with van der Waals surface area (Å²) in [5.41, 5.74) is 9.39. The number of benzene rings is 1. The summed E-state index contributed by atoms with van der Waals surface area (Å²) in [6, 6.07) is 6.81. The average Bonchev–Trinajstić information content (AvgIpc) is 2.72. The number of esters is 1. The van der Waals surface area contributed by atoms with Gasteiger partial charge in [0.25, 0.3) is 0 Å². The Bertz CT molecular complexity index is 669. The Morgan fingerprint density at radius 1 is 1.10 bits per heavy atom. The molecule has 20 heavy (non-hydrogen) atoms. The van der Waals surface area contributed by atoms with Gasteiger partial charge in [0, 0.05) is 22.5 Å². The lowest BCUT2D eigenvalue weighted by atomic mass is 9.99. The Kier molecular flexibility index (Phi) is 3.61. The number of methoxy groups -OCH3 is 1. The summed E-state index contributed by atoms with van der Waals surface area (Å²) in [5.74, 6) is -0.868. The summed E-state index contributed by atoms with van der Waals surface area (Å²) >= 11 is 0. The third-order valence-electron chi connectivity index (χ3n) is 3.22. The molecule has 0 aliphatic rings. The van der Waals surface area contributed by atoms with Crippen LogP contribution in [0.15, 0.2) is 24.3 Å². The largest absolute Gasteiger partial charge is 0.465 e. The van der Waals surface area contributed by atoms with Crippen LogP contribution in [0.1, 0.15) is 32.1 Å². The molecule has 0 saturated heterocycles. The van der Waals surface area contributed by atoms with E-state index in [9.17, 15) is 9.59 Å². The van der Waals surface area contributed by atoms with E-state index in [1.165, 1.54) is 7.11 Å². The fraction of sp³-hybridized carbons (Fsp3) is 0.200. The molecule has 0 saturated carbocycles. The molecular weight excluding hydrogens is 256 g/mol. The van der Waals surface area contributed by atoms with Gasteiger partial charge in [0.05, 0.1) is 12.7 Å². The lowest BCUT2D eigenvalue weighted by Crippen LogP contribution is -2.10. The number of hydrogen-bond donors (Lipinski definition) is 2. The van der Waals surface area contributed by atoms with Gasteiger partial charge in [-0.1, -0.05) is 12.1 Å². The first-order chi connectivity index (χ1) is 9.45. The second-order valence-corrected chi connectivity index (χ2v) is 4.56. The van der Waals surface area contributed by atoms with Gasteiger partial charge in [0.15, 0.2) is 0 Å². The number of primary amides is 1. The first kappa shape index (κ1) is 13.9. The van der Waals surface area contributed by atoms with Crippen molar-refractivity contribution in [1.82, 2.24) is 4.98 Å². The van der Waals surface area contributed by atoms with Crippen molar-refractivity contribution in [1.29, 1.82) is 0 Å². The zero-order valence-corrected chi connectivity index (χ0v) is 11.6. The van der Waals surface area contributed by atoms with E-state index in [1.54, 1.807) is 24.3 Å². The molecule has 0 atom stereocenters. The van der Waals surface area contributed by atoms with Crippen LogP contribution >= 0.6 is 0 Å². The summed E-state index contributed by atoms with van der Waals surface area (Å²) in [7, 11) is 1.35. The topological polar surface area (TPSA) is 85.2 Å². The molecule has 0 bridgehead atoms. The maximum absolute atomic E-state index is 11.9. The minimum absolute atomic E-state index is 0.388. The molecule has 1 aromatic heterocycles. The number of ether oxygens (including phenoxy) is 1. The molecule has 3 N–H and O–H groups in total. The summed E-state index contributed by atoms with van der Waals surface area (Å²) in [4.78, 5) is 26.1. The van der Waals surface area contributed by atoms with Crippen molar-refractivity contribution < 1.29 is 14.3 Å². The van der Waals surface area contributed by atoms with Gasteiger partial charge in [-0.05, 0) is 31.5 Å². The number of aromatic nitrogens is 1. The minimum atomic E-state index is -0.480. The fourth-order valence-electron chi connectivity index (χ4n) is 2.30. The first-order valence-corrected chi connectivity index (χ1v) is 6.13. The van der Waals surface area contributed by atoms with E-state index in [0.717, 1.165) is 22.5 Å². The number of aromatic amines is 1. The zero-order valence-electron chi connectivity index (χ0n) is 11.6. The summed E-state index contributed by atoms with van der Waals surface area (Å²) in [6.07, 6.45) is 0. The number of carbonyl (C=O) groups excluding carboxylic acids is 2. The van der Waals surface area contributed by atoms with Crippen LogP contribution in [0, 0.1) is 13.8 Å². The van der Waals surface area contributed by atoms with Crippen molar-refractivity contribution >= 4 is 11.9 Å². The molecule has 0 spiro atoms. The van der Waals surface area contributed by atoms with Crippen LogP contribution in [0.2, 0.25) is 0 Å². The van der Waals surface area contributed by atoms with Crippen LogP contribution < -0.4 is 5.73 Å². The van der Waals surface area contributed by atoms with Crippen LogP contribution in [0.25, 0.3) is 11.1 Å². The standard InChI is InChI=1S/C15H16N2O3/c1-8-12(13(9(2)17-8)15(19)20-3)10-4-6-11(7-5-10)14(16)18/h4-7,17H,1-3H3,(H2,16,18). The van der Waals surface area contributed by atoms with Gasteiger partial charge < -0.3 is 15.5 Å². The molecule has 0 aliphatic carbocycles. The smallest absolute Gasteiger partial charge is 0.340 e. The third kappa shape index (κ3) is 2.30. The molecule has 0 radical (unpaired) electrons. The van der Waals surface area contributed by atoms with Gasteiger partial charge in [-0.2, -0.15) is 0 Å². The van der Waals surface area contributed by atoms with Gasteiger partial charge in [-0.25, -0.2) is 4.79 Å². The molecule has 0 fully saturated rings. The first-order valence-electron chi connectivity index (χ1n) is 6.13. The molecule has 104 valence electrons. The molecule has 2 rings (SSSR count). The van der Waals surface area contributed by atoms with E-state index in [-0.39, 0.29) is 5.97 Å². The quantitative estimate of drug-likeness (QED) is 0.840. The van der Waals surface area contributed by atoms with Gasteiger partial charge in [-0.15, -0.1) is 0 Å². The average molecular weight is 272 g/mol. The predicted molar refractivity (Wildman–Crippen MR) is 75.6 cm³/mol. The normalized spacial score (nSPS) is 10.3. The fourth-order valence-corrected chi connectivity index (χ4v) is 2.30. The van der Waals surface area contributed by atoms with E-state index < -0.39 is 5.91 Å². The molecule has 5 heteroatoms. The van der Waals surface area contributed by atoms with Crippen molar-refractivity contribution in [2.45, 2.75) is 13.8 Å². The van der Waals surface area contributed by atoms with Gasteiger partial charge >= 0.3 is 5.97 Å². The van der Waals surface area contributed by atoms with E-state index in [0.29, 0.717) is 11.1 Å². The highest BCUT2D eigenvalue weighted by atomic mass is 16.5. The highest BCUT2D eigenvalue weighted by Crippen LogP contribution is 2.30. The number of H-pyrrole nitrogens is 1. The van der Waals surface area contributed by atoms with Gasteiger partial charge in [0.2, 0.25) is 5.91 Å². The maximum atomic E-state index is 11.9. The minimum Gasteiger partial charge on any atom is -0.465 e. The Hall–Kier alpha value is -2.56. The lowest BCUT2D eigenvalue weighted by molar-refractivity contribution is 0.0601. The molecule has 1 aromatic carbocycles. The van der Waals surface area contributed by atoms with Crippen LogP contribution in [0.3, 0.4) is 0 Å². The Labute approximate surface area is 116 Å². The number of nitrogens with one attached hydrogen (secondary N) is 1. The molecule has 5 nitrogen and oxygen atoms in total. The van der Waals surface area contributed by atoms with Crippen molar-refractivity contribution in [3.05, 3.63) is 46.8 Å². The van der Waals surface area contributed by atoms with E-state index in [1.807, 2.05) is 13.8 Å². The van der Waals surface area contributed by atoms with Crippen molar-refractivity contribution in [3.8, 4) is 11.1 Å². The van der Waals surface area contributed by atoms with E-state index in [4.69, 9.17) is 10.5 Å². The summed E-state index contributed by atoms with van der Waals surface area (Å²) in [5, 5.41) is 0. The molecular formula is C15H16N2O3. The van der Waals surface area contributed by atoms with Crippen molar-refractivity contribution in [2.24, 2.45) is 5.73 Å². The monoisotopic (exact) mass is 272 g/mol. The number of aryl methyl sites for hydroxylation is 2. The lowest BCUT2D eigenvalue weighted by Gasteiger charge is -2.06. The predicted octanol–water partition coefficient (Wildman–Crippen LogP) is 2.18. The highest BCUT2D eigenvalue weighted by molar-refractivity contribution is 6.00. The molecule has 2 aromatic rings. The molecule has 1 amide bonds. The second-order valence-electron chi connectivity index (χ2n) is 4.56. The number of carbonyl (C=O) groups is 2. The maximum Gasteiger partial charge on any atom is 0.340 e. The van der Waals surface area contributed by atoms with Crippen LogP contribution in [0.5, 0.6) is 0 Å². The summed E-state index contributed by atoms with van der Waals surface area (Å²) < 4.78 is 4.82. The molecule has 1 heterocycles. The zero-order chi connectivity index (χ0) is 14.9. The Morgan fingerprint density at radius 3 is 2.20 bits per heavy atom.